The Kier molecular flexibility index (Phi) is 7.57. The molecule has 2 aromatic carbocycles. The SMILES string of the molecule is CCOc1cc(C=O)ccc1OCC(=O)Nc1cc(C(F)(F)F)ccc1N1CCOCC1. The number of nitrogens with one attached hydrogen (secondary N) is 1. The van der Waals surface area contributed by atoms with Crippen LogP contribution in [0.25, 0.3) is 0 Å². The monoisotopic (exact) mass is 452 g/mol. The number of nitrogens with zero attached hydrogens (tertiary/aromatic N) is 1. The van der Waals surface area contributed by atoms with E-state index < -0.39 is 24.3 Å². The molecule has 1 heterocycles. The van der Waals surface area contributed by atoms with Crippen molar-refractivity contribution in [1.82, 2.24) is 0 Å². The van der Waals surface area contributed by atoms with Crippen LogP contribution in [0.2, 0.25) is 0 Å². The molecule has 2 aromatic rings. The molecule has 0 saturated carbocycles. The predicted octanol–water partition coefficient (Wildman–Crippen LogP) is 3.77. The molecule has 1 saturated heterocycles. The summed E-state index contributed by atoms with van der Waals surface area (Å²) >= 11 is 0. The van der Waals surface area contributed by atoms with Crippen LogP contribution >= 0.6 is 0 Å². The van der Waals surface area contributed by atoms with Crippen molar-refractivity contribution in [1.29, 1.82) is 0 Å². The number of carbonyl (C=O) groups excluding carboxylic acids is 2. The van der Waals surface area contributed by atoms with E-state index in [4.69, 9.17) is 14.2 Å². The summed E-state index contributed by atoms with van der Waals surface area (Å²) in [6.45, 7) is 3.47. The third-order valence-corrected chi connectivity index (χ3v) is 4.71. The maximum atomic E-state index is 13.2. The molecule has 3 rings (SSSR count). The third-order valence-electron chi connectivity index (χ3n) is 4.71. The minimum absolute atomic E-state index is 0.0386. The van der Waals surface area contributed by atoms with Gasteiger partial charge in [-0.25, -0.2) is 0 Å². The van der Waals surface area contributed by atoms with Crippen molar-refractivity contribution in [2.24, 2.45) is 0 Å². The minimum atomic E-state index is -4.55. The number of anilines is 2. The number of carbonyl (C=O) groups is 2. The topological polar surface area (TPSA) is 77.1 Å². The normalized spacial score (nSPS) is 14.1. The van der Waals surface area contributed by atoms with Crippen molar-refractivity contribution in [3.63, 3.8) is 0 Å². The van der Waals surface area contributed by atoms with Crippen LogP contribution in [0.4, 0.5) is 24.5 Å². The Morgan fingerprint density at radius 1 is 1.12 bits per heavy atom. The van der Waals surface area contributed by atoms with E-state index in [9.17, 15) is 22.8 Å². The summed E-state index contributed by atoms with van der Waals surface area (Å²) in [6.07, 6.45) is -3.90. The van der Waals surface area contributed by atoms with Gasteiger partial charge in [-0.3, -0.25) is 9.59 Å². The molecule has 172 valence electrons. The summed E-state index contributed by atoms with van der Waals surface area (Å²) in [5.74, 6) is -0.108. The van der Waals surface area contributed by atoms with E-state index >= 15 is 0 Å². The zero-order valence-corrected chi connectivity index (χ0v) is 17.4. The lowest BCUT2D eigenvalue weighted by atomic mass is 10.1. The fraction of sp³-hybridized carbons (Fsp3) is 0.364. The summed E-state index contributed by atoms with van der Waals surface area (Å²) < 4.78 is 55.9. The molecule has 1 aliphatic rings. The summed E-state index contributed by atoms with van der Waals surface area (Å²) in [5, 5.41) is 2.52. The summed E-state index contributed by atoms with van der Waals surface area (Å²) in [5.41, 5.74) is 0.0230. The van der Waals surface area contributed by atoms with Crippen molar-refractivity contribution in [2.75, 3.05) is 49.7 Å². The molecular weight excluding hydrogens is 429 g/mol. The predicted molar refractivity (Wildman–Crippen MR) is 112 cm³/mol. The number of benzene rings is 2. The number of hydrogen-bond acceptors (Lipinski definition) is 6. The van der Waals surface area contributed by atoms with Gasteiger partial charge in [0.15, 0.2) is 18.1 Å². The quantitative estimate of drug-likeness (QED) is 0.615. The van der Waals surface area contributed by atoms with Crippen molar-refractivity contribution >= 4 is 23.6 Å². The highest BCUT2D eigenvalue weighted by Crippen LogP contribution is 2.36. The molecule has 1 N–H and O–H groups in total. The van der Waals surface area contributed by atoms with Crippen LogP contribution in [0.3, 0.4) is 0 Å². The van der Waals surface area contributed by atoms with E-state index in [1.165, 1.54) is 24.3 Å². The standard InChI is InChI=1S/C22H23F3N2O5/c1-2-31-20-11-15(13-28)3-6-19(20)32-14-21(29)26-17-12-16(22(23,24)25)4-5-18(17)27-7-9-30-10-8-27/h3-6,11-13H,2,7-10,14H2,1H3,(H,26,29). The molecule has 0 aliphatic carbocycles. The molecule has 1 fully saturated rings. The lowest BCUT2D eigenvalue weighted by molar-refractivity contribution is -0.137. The van der Waals surface area contributed by atoms with E-state index in [-0.39, 0.29) is 17.2 Å². The molecule has 32 heavy (non-hydrogen) atoms. The molecule has 0 spiro atoms. The number of aldehydes is 1. The number of amides is 1. The Morgan fingerprint density at radius 2 is 1.88 bits per heavy atom. The summed E-state index contributed by atoms with van der Waals surface area (Å²) in [6, 6.07) is 7.72. The first-order chi connectivity index (χ1) is 15.3. The first-order valence-electron chi connectivity index (χ1n) is 10.0. The van der Waals surface area contributed by atoms with Crippen LogP contribution in [0.15, 0.2) is 36.4 Å². The molecule has 1 amide bonds. The van der Waals surface area contributed by atoms with Gasteiger partial charge in [0.05, 0.1) is 36.8 Å². The van der Waals surface area contributed by atoms with E-state index in [2.05, 4.69) is 5.32 Å². The third kappa shape index (κ3) is 5.91. The number of morpholine rings is 1. The molecule has 7 nitrogen and oxygen atoms in total. The number of hydrogen-bond donors (Lipinski definition) is 1. The average molecular weight is 452 g/mol. The first kappa shape index (κ1) is 23.4. The highest BCUT2D eigenvalue weighted by Gasteiger charge is 2.32. The molecule has 0 bridgehead atoms. The highest BCUT2D eigenvalue weighted by molar-refractivity contribution is 5.95. The Morgan fingerprint density at radius 3 is 2.53 bits per heavy atom. The molecule has 0 atom stereocenters. The molecule has 0 aromatic heterocycles. The lowest BCUT2D eigenvalue weighted by Crippen LogP contribution is -2.37. The minimum Gasteiger partial charge on any atom is -0.490 e. The van der Waals surface area contributed by atoms with Crippen molar-refractivity contribution in [3.05, 3.63) is 47.5 Å². The van der Waals surface area contributed by atoms with Crippen molar-refractivity contribution in [2.45, 2.75) is 13.1 Å². The van der Waals surface area contributed by atoms with Crippen LogP contribution in [0.5, 0.6) is 11.5 Å². The summed E-state index contributed by atoms with van der Waals surface area (Å²) in [4.78, 5) is 25.3. The largest absolute Gasteiger partial charge is 0.490 e. The first-order valence-corrected chi connectivity index (χ1v) is 10.0. The van der Waals surface area contributed by atoms with E-state index in [1.807, 2.05) is 4.90 Å². The number of ether oxygens (including phenoxy) is 3. The van der Waals surface area contributed by atoms with Gasteiger partial charge in [-0.15, -0.1) is 0 Å². The zero-order valence-electron chi connectivity index (χ0n) is 17.4. The van der Waals surface area contributed by atoms with Gasteiger partial charge in [-0.2, -0.15) is 13.2 Å². The lowest BCUT2D eigenvalue weighted by Gasteiger charge is -2.31. The van der Waals surface area contributed by atoms with Gasteiger partial charge in [0, 0.05) is 18.7 Å². The number of halogens is 3. The van der Waals surface area contributed by atoms with Crippen LogP contribution in [-0.2, 0) is 15.7 Å². The van der Waals surface area contributed by atoms with Gasteiger partial charge in [0.25, 0.3) is 5.91 Å². The van der Waals surface area contributed by atoms with Crippen molar-refractivity contribution in [3.8, 4) is 11.5 Å². The summed E-state index contributed by atoms with van der Waals surface area (Å²) in [7, 11) is 0. The second kappa shape index (κ2) is 10.4. The maximum Gasteiger partial charge on any atom is 0.416 e. The van der Waals surface area contributed by atoms with Gasteiger partial charge < -0.3 is 24.4 Å². The van der Waals surface area contributed by atoms with Crippen LogP contribution in [-0.4, -0.2) is 51.7 Å². The second-order valence-corrected chi connectivity index (χ2v) is 6.92. The molecule has 0 unspecified atom stereocenters. The van der Waals surface area contributed by atoms with E-state index in [0.717, 1.165) is 12.1 Å². The average Bonchev–Trinajstić information content (AvgIpc) is 2.78. The fourth-order valence-corrected chi connectivity index (χ4v) is 3.21. The van der Waals surface area contributed by atoms with E-state index in [0.29, 0.717) is 50.4 Å². The van der Waals surface area contributed by atoms with Gasteiger partial charge in [0.1, 0.15) is 6.29 Å². The Balaban J connectivity index is 1.77. The Hall–Kier alpha value is -3.27. The van der Waals surface area contributed by atoms with Crippen LogP contribution < -0.4 is 19.7 Å². The number of rotatable bonds is 8. The number of alkyl halides is 3. The van der Waals surface area contributed by atoms with Gasteiger partial charge in [0.2, 0.25) is 0 Å². The van der Waals surface area contributed by atoms with Gasteiger partial charge in [-0.1, -0.05) is 0 Å². The van der Waals surface area contributed by atoms with Gasteiger partial charge >= 0.3 is 6.18 Å². The Bertz CT molecular complexity index is 959. The molecular formula is C22H23F3N2O5. The molecule has 10 heteroatoms. The van der Waals surface area contributed by atoms with Crippen LogP contribution in [0.1, 0.15) is 22.8 Å². The zero-order chi connectivity index (χ0) is 23.1. The second-order valence-electron chi connectivity index (χ2n) is 6.92. The van der Waals surface area contributed by atoms with Gasteiger partial charge in [-0.05, 0) is 43.3 Å². The van der Waals surface area contributed by atoms with E-state index in [1.54, 1.807) is 6.92 Å². The maximum absolute atomic E-state index is 13.2. The highest BCUT2D eigenvalue weighted by atomic mass is 19.4. The smallest absolute Gasteiger partial charge is 0.416 e. The molecule has 0 radical (unpaired) electrons. The Labute approximate surface area is 183 Å². The molecule has 1 aliphatic heterocycles. The fourth-order valence-electron chi connectivity index (χ4n) is 3.21. The van der Waals surface area contributed by atoms with Crippen molar-refractivity contribution < 1.29 is 37.0 Å². The van der Waals surface area contributed by atoms with Crippen LogP contribution in [0, 0.1) is 0 Å².